The lowest BCUT2D eigenvalue weighted by Crippen LogP contribution is -2.25. The average Bonchev–Trinajstić information content (AvgIpc) is 2.96. The standard InChI is InChI=1S/C16H15N3O5/c1-2-23-15(22)12-13(24-9-10-6-4-3-5-7-10)14(21)19-8-11(20)17-16(19)18-12/h3-7H,2,8-9H2,1H3,(H,17,18,20). The molecular weight excluding hydrogens is 314 g/mol. The molecule has 0 spiro atoms. The Bertz CT molecular complexity index is 845. The molecule has 0 saturated heterocycles. The number of fused-ring (bicyclic) bond motifs is 1. The van der Waals surface area contributed by atoms with Crippen LogP contribution in [0.25, 0.3) is 0 Å². The number of nitrogens with one attached hydrogen (secondary N) is 1. The number of aromatic nitrogens is 2. The number of carbonyl (C=O) groups excluding carboxylic acids is 2. The van der Waals surface area contributed by atoms with E-state index in [2.05, 4.69) is 10.3 Å². The molecule has 3 rings (SSSR count). The van der Waals surface area contributed by atoms with Crippen molar-refractivity contribution in [1.29, 1.82) is 0 Å². The van der Waals surface area contributed by atoms with E-state index in [9.17, 15) is 14.4 Å². The smallest absolute Gasteiger partial charge is 0.361 e. The molecule has 0 saturated carbocycles. The van der Waals surface area contributed by atoms with Gasteiger partial charge in [0, 0.05) is 0 Å². The zero-order valence-electron chi connectivity index (χ0n) is 12.9. The molecule has 0 radical (unpaired) electrons. The average molecular weight is 329 g/mol. The van der Waals surface area contributed by atoms with Gasteiger partial charge in [0.2, 0.25) is 17.6 Å². The summed E-state index contributed by atoms with van der Waals surface area (Å²) in [6, 6.07) is 9.18. The largest absolute Gasteiger partial charge is 0.481 e. The van der Waals surface area contributed by atoms with Gasteiger partial charge in [0.15, 0.2) is 5.69 Å². The molecule has 0 aliphatic carbocycles. The number of amides is 1. The van der Waals surface area contributed by atoms with E-state index in [1.807, 2.05) is 30.3 Å². The van der Waals surface area contributed by atoms with Gasteiger partial charge < -0.3 is 9.47 Å². The van der Waals surface area contributed by atoms with Crippen LogP contribution < -0.4 is 15.6 Å². The van der Waals surface area contributed by atoms with E-state index >= 15 is 0 Å². The maximum Gasteiger partial charge on any atom is 0.361 e. The predicted molar refractivity (Wildman–Crippen MR) is 83.9 cm³/mol. The highest BCUT2D eigenvalue weighted by Crippen LogP contribution is 2.19. The van der Waals surface area contributed by atoms with Crippen molar-refractivity contribution in [2.45, 2.75) is 20.1 Å². The molecule has 1 aliphatic rings. The Morgan fingerprint density at radius 1 is 1.29 bits per heavy atom. The SMILES string of the molecule is CCOC(=O)c1nc2n(c(=O)c1OCc1ccccc1)CC(=O)N2. The van der Waals surface area contributed by atoms with Crippen molar-refractivity contribution in [3.8, 4) is 5.75 Å². The predicted octanol–water partition coefficient (Wildman–Crippen LogP) is 0.951. The first-order valence-corrected chi connectivity index (χ1v) is 7.38. The van der Waals surface area contributed by atoms with Crippen LogP contribution in [0.1, 0.15) is 23.0 Å². The maximum absolute atomic E-state index is 12.6. The summed E-state index contributed by atoms with van der Waals surface area (Å²) in [4.78, 5) is 40.1. The van der Waals surface area contributed by atoms with Crippen molar-refractivity contribution >= 4 is 17.8 Å². The van der Waals surface area contributed by atoms with E-state index in [0.717, 1.165) is 10.1 Å². The second-order valence-corrected chi connectivity index (χ2v) is 5.05. The van der Waals surface area contributed by atoms with Crippen molar-refractivity contribution in [3.05, 3.63) is 51.9 Å². The monoisotopic (exact) mass is 329 g/mol. The fraction of sp³-hybridized carbons (Fsp3) is 0.250. The number of anilines is 1. The van der Waals surface area contributed by atoms with E-state index in [1.54, 1.807) is 6.92 Å². The lowest BCUT2D eigenvalue weighted by Gasteiger charge is -2.12. The lowest BCUT2D eigenvalue weighted by molar-refractivity contribution is -0.115. The van der Waals surface area contributed by atoms with E-state index in [-0.39, 0.29) is 43.1 Å². The molecule has 2 aromatic rings. The van der Waals surface area contributed by atoms with E-state index in [0.29, 0.717) is 0 Å². The number of carbonyl (C=O) groups is 2. The zero-order chi connectivity index (χ0) is 17.1. The van der Waals surface area contributed by atoms with Crippen LogP contribution in [0.3, 0.4) is 0 Å². The van der Waals surface area contributed by atoms with E-state index in [1.165, 1.54) is 0 Å². The molecule has 1 amide bonds. The fourth-order valence-electron chi connectivity index (χ4n) is 2.28. The molecule has 0 unspecified atom stereocenters. The van der Waals surface area contributed by atoms with Crippen molar-refractivity contribution in [1.82, 2.24) is 9.55 Å². The molecule has 24 heavy (non-hydrogen) atoms. The first-order valence-electron chi connectivity index (χ1n) is 7.38. The van der Waals surface area contributed by atoms with Gasteiger partial charge in [-0.05, 0) is 12.5 Å². The van der Waals surface area contributed by atoms with Crippen LogP contribution in [0.5, 0.6) is 5.75 Å². The Balaban J connectivity index is 1.99. The number of hydrogen-bond donors (Lipinski definition) is 1. The van der Waals surface area contributed by atoms with Crippen LogP contribution in [0, 0.1) is 0 Å². The van der Waals surface area contributed by atoms with Gasteiger partial charge in [0.25, 0.3) is 5.56 Å². The Labute approximate surface area is 137 Å². The normalized spacial score (nSPS) is 12.5. The highest BCUT2D eigenvalue weighted by Gasteiger charge is 2.29. The van der Waals surface area contributed by atoms with Crippen LogP contribution >= 0.6 is 0 Å². The molecular formula is C16H15N3O5. The van der Waals surface area contributed by atoms with Crippen LogP contribution in [-0.4, -0.2) is 28.0 Å². The van der Waals surface area contributed by atoms with Crippen LogP contribution in [-0.2, 0) is 22.7 Å². The van der Waals surface area contributed by atoms with Crippen LogP contribution in [0.15, 0.2) is 35.1 Å². The summed E-state index contributed by atoms with van der Waals surface area (Å²) < 4.78 is 11.6. The van der Waals surface area contributed by atoms with Crippen molar-refractivity contribution in [2.24, 2.45) is 0 Å². The summed E-state index contributed by atoms with van der Waals surface area (Å²) in [5, 5.41) is 2.43. The third kappa shape index (κ3) is 2.98. The third-order valence-electron chi connectivity index (χ3n) is 3.38. The van der Waals surface area contributed by atoms with Gasteiger partial charge in [-0.15, -0.1) is 0 Å². The van der Waals surface area contributed by atoms with Gasteiger partial charge in [0.1, 0.15) is 13.2 Å². The Morgan fingerprint density at radius 2 is 2.04 bits per heavy atom. The number of rotatable bonds is 5. The van der Waals surface area contributed by atoms with Crippen LogP contribution in [0.2, 0.25) is 0 Å². The third-order valence-corrected chi connectivity index (χ3v) is 3.38. The van der Waals surface area contributed by atoms with E-state index in [4.69, 9.17) is 9.47 Å². The molecule has 2 heterocycles. The summed E-state index contributed by atoms with van der Waals surface area (Å²) in [5.74, 6) is -1.37. The van der Waals surface area contributed by atoms with Gasteiger partial charge in [-0.3, -0.25) is 19.5 Å². The van der Waals surface area contributed by atoms with Gasteiger partial charge in [0.05, 0.1) is 6.61 Å². The number of benzene rings is 1. The minimum Gasteiger partial charge on any atom is -0.481 e. The quantitative estimate of drug-likeness (QED) is 0.820. The first-order chi connectivity index (χ1) is 11.6. The number of nitrogens with zero attached hydrogens (tertiary/aromatic N) is 2. The molecule has 0 bridgehead atoms. The van der Waals surface area contributed by atoms with Gasteiger partial charge >= 0.3 is 5.97 Å². The van der Waals surface area contributed by atoms with Crippen LogP contribution in [0.4, 0.5) is 5.95 Å². The Kier molecular flexibility index (Phi) is 4.28. The maximum atomic E-state index is 12.6. The lowest BCUT2D eigenvalue weighted by atomic mass is 10.2. The first kappa shape index (κ1) is 15.7. The van der Waals surface area contributed by atoms with Crippen molar-refractivity contribution < 1.29 is 19.1 Å². The molecule has 1 aromatic heterocycles. The summed E-state index contributed by atoms with van der Waals surface area (Å²) >= 11 is 0. The summed E-state index contributed by atoms with van der Waals surface area (Å²) in [6.45, 7) is 1.70. The van der Waals surface area contributed by atoms with E-state index < -0.39 is 11.5 Å². The molecule has 0 fully saturated rings. The minimum absolute atomic E-state index is 0.0140. The minimum atomic E-state index is -0.776. The molecule has 0 atom stereocenters. The Morgan fingerprint density at radius 3 is 2.75 bits per heavy atom. The zero-order valence-corrected chi connectivity index (χ0v) is 12.9. The Hall–Kier alpha value is -3.16. The van der Waals surface area contributed by atoms with Crippen molar-refractivity contribution in [3.63, 3.8) is 0 Å². The number of esters is 1. The molecule has 1 aliphatic heterocycles. The fourth-order valence-corrected chi connectivity index (χ4v) is 2.28. The summed E-state index contributed by atoms with van der Waals surface area (Å²) in [6.07, 6.45) is 0. The number of ether oxygens (including phenoxy) is 2. The second kappa shape index (κ2) is 6.53. The molecule has 1 N–H and O–H groups in total. The molecule has 124 valence electrons. The number of hydrogen-bond acceptors (Lipinski definition) is 6. The van der Waals surface area contributed by atoms with Crippen molar-refractivity contribution in [2.75, 3.05) is 11.9 Å². The highest BCUT2D eigenvalue weighted by molar-refractivity contribution is 5.95. The molecule has 8 nitrogen and oxygen atoms in total. The van der Waals surface area contributed by atoms with Gasteiger partial charge in [-0.2, -0.15) is 0 Å². The van der Waals surface area contributed by atoms with Gasteiger partial charge in [-0.1, -0.05) is 30.3 Å². The summed E-state index contributed by atoms with van der Waals surface area (Å²) in [5.41, 5.74) is -0.0185. The molecule has 8 heteroatoms. The van der Waals surface area contributed by atoms with Gasteiger partial charge in [-0.25, -0.2) is 9.78 Å². The highest BCUT2D eigenvalue weighted by atomic mass is 16.5. The topological polar surface area (TPSA) is 99.5 Å². The summed E-state index contributed by atoms with van der Waals surface area (Å²) in [7, 11) is 0. The second-order valence-electron chi connectivity index (χ2n) is 5.05. The molecule has 1 aromatic carbocycles.